The first kappa shape index (κ1) is 29.1. The zero-order chi connectivity index (χ0) is 32.2. The zero-order valence-corrected chi connectivity index (χ0v) is 27.6. The van der Waals surface area contributed by atoms with Crippen molar-refractivity contribution >= 4 is 17.5 Å². The Balaban J connectivity index is 1.25. The lowest BCUT2D eigenvalue weighted by Gasteiger charge is -2.47. The fraction of sp³-hybridized carbons (Fsp3) is 0.159. The Hall–Kier alpha value is -5.08. The van der Waals surface area contributed by atoms with E-state index in [1.807, 2.05) is 17.8 Å². The number of benzene rings is 5. The largest absolute Gasteiger partial charge is 0.355 e. The number of thioether (sulfide) groups is 1. The Bertz CT molecular complexity index is 2180. The number of nitrogens with one attached hydrogen (secondary N) is 1. The summed E-state index contributed by atoms with van der Waals surface area (Å²) in [6.45, 7) is 0. The normalized spacial score (nSPS) is 24.9. The average molecular weight is 638 g/mol. The minimum absolute atomic E-state index is 0.0627. The lowest BCUT2D eigenvalue weighted by molar-refractivity contribution is 0.277. The van der Waals surface area contributed by atoms with Crippen molar-refractivity contribution in [3.8, 4) is 17.2 Å². The third-order valence-corrected chi connectivity index (χ3v) is 12.1. The summed E-state index contributed by atoms with van der Waals surface area (Å²) < 4.78 is 0. The molecule has 5 aromatic carbocycles. The van der Waals surface area contributed by atoms with E-state index in [2.05, 4.69) is 169 Å². The summed E-state index contributed by atoms with van der Waals surface area (Å²) in [6.07, 6.45) is 12.4. The Labute approximate surface area is 287 Å². The molecule has 0 aromatic heterocycles. The molecule has 3 nitrogen and oxygen atoms in total. The van der Waals surface area contributed by atoms with Gasteiger partial charge in [-0.15, -0.1) is 11.8 Å². The van der Waals surface area contributed by atoms with E-state index < -0.39 is 5.41 Å². The summed E-state index contributed by atoms with van der Waals surface area (Å²) in [5, 5.41) is 14.5. The van der Waals surface area contributed by atoms with Crippen molar-refractivity contribution in [2.24, 2.45) is 5.92 Å². The summed E-state index contributed by atoms with van der Waals surface area (Å²) in [5.41, 5.74) is 11.7. The molecule has 1 spiro atoms. The molecule has 5 unspecified atom stereocenters. The lowest BCUT2D eigenvalue weighted by atomic mass is 9.61. The second kappa shape index (κ2) is 11.6. The van der Waals surface area contributed by atoms with Gasteiger partial charge in [0.1, 0.15) is 6.17 Å². The van der Waals surface area contributed by atoms with Crippen molar-refractivity contribution in [1.82, 2.24) is 10.2 Å². The molecule has 5 aromatic rings. The summed E-state index contributed by atoms with van der Waals surface area (Å²) in [6, 6.07) is 46.6. The minimum atomic E-state index is -0.395. The Morgan fingerprint density at radius 1 is 0.750 bits per heavy atom. The lowest BCUT2D eigenvalue weighted by Crippen LogP contribution is -2.43. The number of nitrogens with zero attached hydrogens (tertiary/aromatic N) is 2. The van der Waals surface area contributed by atoms with Gasteiger partial charge in [-0.25, -0.2) is 0 Å². The minimum Gasteiger partial charge on any atom is -0.355 e. The molecular formula is C44H35N3S. The molecule has 0 bridgehead atoms. The highest BCUT2D eigenvalue weighted by Crippen LogP contribution is 2.63. The van der Waals surface area contributed by atoms with Gasteiger partial charge in [-0.05, 0) is 75.2 Å². The molecule has 9 rings (SSSR count). The molecule has 2 aliphatic heterocycles. The van der Waals surface area contributed by atoms with Gasteiger partial charge in [0.2, 0.25) is 0 Å². The molecule has 1 N–H and O–H groups in total. The summed E-state index contributed by atoms with van der Waals surface area (Å²) >= 11 is 1.96. The van der Waals surface area contributed by atoms with Gasteiger partial charge in [-0.2, -0.15) is 5.26 Å². The molecule has 5 atom stereocenters. The quantitative estimate of drug-likeness (QED) is 0.214. The van der Waals surface area contributed by atoms with Crippen molar-refractivity contribution < 1.29 is 0 Å². The molecular weight excluding hydrogens is 603 g/mol. The van der Waals surface area contributed by atoms with Crippen LogP contribution in [0.15, 0.2) is 157 Å². The number of allylic oxidation sites excluding steroid dienone is 3. The van der Waals surface area contributed by atoms with E-state index >= 15 is 0 Å². The van der Waals surface area contributed by atoms with Crippen LogP contribution in [0.25, 0.3) is 16.8 Å². The van der Waals surface area contributed by atoms with E-state index in [1.165, 1.54) is 55.1 Å². The fourth-order valence-electron chi connectivity index (χ4n) is 8.63. The molecule has 0 saturated carbocycles. The number of hydrogen-bond donors (Lipinski definition) is 1. The standard InChI is InChI=1S/C44H35N3S/c1-47-40(31-14-6-3-7-15-31)25-24-39(30-12-4-2-5-13-30)46-43(47)32-21-23-35-34(27-32)33-22-20-29(28-45)26-38(33)44(35)36-16-8-10-18-41(36)48-42-19-11-9-17-37(42)44/h2-23,25-27,36,39,41,43,46H,24H2,1H3. The Morgan fingerprint density at radius 2 is 1.52 bits per heavy atom. The predicted molar refractivity (Wildman–Crippen MR) is 196 cm³/mol. The van der Waals surface area contributed by atoms with Crippen LogP contribution in [0.2, 0.25) is 0 Å². The molecule has 2 aliphatic carbocycles. The first-order valence-electron chi connectivity index (χ1n) is 16.8. The molecule has 4 heteroatoms. The fourth-order valence-corrected chi connectivity index (χ4v) is 10.0. The maximum Gasteiger partial charge on any atom is 0.106 e. The third kappa shape index (κ3) is 4.39. The van der Waals surface area contributed by atoms with Gasteiger partial charge >= 0.3 is 0 Å². The third-order valence-electron chi connectivity index (χ3n) is 10.8. The summed E-state index contributed by atoms with van der Waals surface area (Å²) in [4.78, 5) is 3.72. The maximum atomic E-state index is 10.1. The van der Waals surface area contributed by atoms with Crippen LogP contribution in [-0.2, 0) is 5.41 Å². The molecule has 2 heterocycles. The van der Waals surface area contributed by atoms with E-state index in [0.717, 1.165) is 6.42 Å². The van der Waals surface area contributed by atoms with Crippen molar-refractivity contribution in [2.75, 3.05) is 7.05 Å². The van der Waals surface area contributed by atoms with E-state index in [-0.39, 0.29) is 18.1 Å². The monoisotopic (exact) mass is 637 g/mol. The highest BCUT2D eigenvalue weighted by Gasteiger charge is 2.55. The van der Waals surface area contributed by atoms with Crippen molar-refractivity contribution in [3.05, 3.63) is 191 Å². The second-order valence-electron chi connectivity index (χ2n) is 13.2. The van der Waals surface area contributed by atoms with Gasteiger partial charge in [-0.3, -0.25) is 5.32 Å². The van der Waals surface area contributed by atoms with Crippen molar-refractivity contribution in [1.29, 1.82) is 5.26 Å². The molecule has 0 radical (unpaired) electrons. The maximum absolute atomic E-state index is 10.1. The highest BCUT2D eigenvalue weighted by molar-refractivity contribution is 8.00. The Kier molecular flexibility index (Phi) is 7.01. The highest BCUT2D eigenvalue weighted by atomic mass is 32.2. The van der Waals surface area contributed by atoms with Gasteiger partial charge in [0.15, 0.2) is 0 Å². The van der Waals surface area contributed by atoms with Crippen LogP contribution in [0.5, 0.6) is 0 Å². The molecule has 4 aliphatic rings. The van der Waals surface area contributed by atoms with E-state index in [4.69, 9.17) is 0 Å². The van der Waals surface area contributed by atoms with Gasteiger partial charge in [0.05, 0.1) is 17.0 Å². The van der Waals surface area contributed by atoms with Crippen LogP contribution in [0.1, 0.15) is 57.6 Å². The van der Waals surface area contributed by atoms with Crippen molar-refractivity contribution in [3.63, 3.8) is 0 Å². The smallest absolute Gasteiger partial charge is 0.106 e. The molecule has 48 heavy (non-hydrogen) atoms. The summed E-state index contributed by atoms with van der Waals surface area (Å²) in [7, 11) is 2.21. The number of fused-ring (bicyclic) bond motifs is 9. The SMILES string of the molecule is CN1C(c2ccccc2)=CCC(c2ccccc2)NC1c1ccc2c(c1)-c1ccc(C#N)cc1C21c2ccccc2SC2C=CC=CC21. The van der Waals surface area contributed by atoms with E-state index in [1.54, 1.807) is 0 Å². The van der Waals surface area contributed by atoms with Crippen LogP contribution in [0.3, 0.4) is 0 Å². The molecule has 0 amide bonds. The van der Waals surface area contributed by atoms with Crippen LogP contribution in [0, 0.1) is 17.2 Å². The van der Waals surface area contributed by atoms with Crippen LogP contribution in [-0.4, -0.2) is 17.2 Å². The van der Waals surface area contributed by atoms with Crippen molar-refractivity contribution in [2.45, 2.75) is 34.2 Å². The van der Waals surface area contributed by atoms with Gasteiger partial charge in [-0.1, -0.05) is 127 Å². The zero-order valence-electron chi connectivity index (χ0n) is 26.8. The van der Waals surface area contributed by atoms with Crippen LogP contribution in [0.4, 0.5) is 0 Å². The molecule has 0 fully saturated rings. The number of rotatable bonds is 3. The number of nitriles is 1. The second-order valence-corrected chi connectivity index (χ2v) is 14.4. The van der Waals surface area contributed by atoms with Gasteiger partial charge in [0, 0.05) is 34.8 Å². The average Bonchev–Trinajstić information content (AvgIpc) is 3.30. The van der Waals surface area contributed by atoms with Gasteiger partial charge < -0.3 is 4.90 Å². The first-order chi connectivity index (χ1) is 23.7. The Morgan fingerprint density at radius 3 is 2.35 bits per heavy atom. The predicted octanol–water partition coefficient (Wildman–Crippen LogP) is 9.80. The van der Waals surface area contributed by atoms with E-state index in [9.17, 15) is 5.26 Å². The molecule has 0 saturated heterocycles. The first-order valence-corrected chi connectivity index (χ1v) is 17.6. The molecule has 232 valence electrons. The van der Waals surface area contributed by atoms with E-state index in [0.29, 0.717) is 10.8 Å². The summed E-state index contributed by atoms with van der Waals surface area (Å²) in [5.74, 6) is 0.218. The number of hydrogen-bond acceptors (Lipinski definition) is 4. The van der Waals surface area contributed by atoms with Gasteiger partial charge in [0.25, 0.3) is 0 Å². The van der Waals surface area contributed by atoms with Crippen LogP contribution >= 0.6 is 11.8 Å². The topological polar surface area (TPSA) is 39.1 Å². The van der Waals surface area contributed by atoms with Crippen LogP contribution < -0.4 is 5.32 Å².